The smallest absolute Gasteiger partial charge is 0.319 e. The molecule has 2 amide bonds. The van der Waals surface area contributed by atoms with Gasteiger partial charge in [0.15, 0.2) is 0 Å². The SMILES string of the molecule is NC1CCCC1NC(=O)Nc1cccc(F)c1. The van der Waals surface area contributed by atoms with Crippen LogP contribution in [0.2, 0.25) is 0 Å². The summed E-state index contributed by atoms with van der Waals surface area (Å²) in [5.74, 6) is -0.375. The minimum atomic E-state index is -0.375. The molecule has 0 saturated heterocycles. The normalized spacial score (nSPS) is 23.4. The van der Waals surface area contributed by atoms with Gasteiger partial charge in [0.1, 0.15) is 5.82 Å². The molecule has 1 saturated carbocycles. The first kappa shape index (κ1) is 11.9. The van der Waals surface area contributed by atoms with Crippen molar-refractivity contribution >= 4 is 11.7 Å². The number of nitrogens with two attached hydrogens (primary N) is 1. The molecule has 1 aliphatic rings. The summed E-state index contributed by atoms with van der Waals surface area (Å²) in [6, 6.07) is 5.49. The van der Waals surface area contributed by atoms with Gasteiger partial charge in [0, 0.05) is 17.8 Å². The van der Waals surface area contributed by atoms with Crippen molar-refractivity contribution in [2.45, 2.75) is 31.3 Å². The van der Waals surface area contributed by atoms with Crippen molar-refractivity contribution in [2.24, 2.45) is 5.73 Å². The average molecular weight is 237 g/mol. The summed E-state index contributed by atoms with van der Waals surface area (Å²) in [6.07, 6.45) is 2.87. The highest BCUT2D eigenvalue weighted by molar-refractivity contribution is 5.89. The van der Waals surface area contributed by atoms with E-state index in [1.165, 1.54) is 12.1 Å². The molecular weight excluding hydrogens is 221 g/mol. The molecule has 0 heterocycles. The van der Waals surface area contributed by atoms with E-state index in [1.807, 2.05) is 0 Å². The predicted molar refractivity (Wildman–Crippen MR) is 64.2 cm³/mol. The van der Waals surface area contributed by atoms with Gasteiger partial charge in [-0.05, 0) is 37.5 Å². The maximum atomic E-state index is 12.9. The Morgan fingerprint density at radius 3 is 2.88 bits per heavy atom. The number of hydrogen-bond acceptors (Lipinski definition) is 2. The van der Waals surface area contributed by atoms with Gasteiger partial charge in [-0.25, -0.2) is 9.18 Å². The van der Waals surface area contributed by atoms with E-state index in [0.29, 0.717) is 5.69 Å². The molecule has 4 nitrogen and oxygen atoms in total. The highest BCUT2D eigenvalue weighted by Gasteiger charge is 2.25. The molecule has 17 heavy (non-hydrogen) atoms. The third-order valence-electron chi connectivity index (χ3n) is 2.97. The maximum absolute atomic E-state index is 12.9. The monoisotopic (exact) mass is 237 g/mol. The molecular formula is C12H16FN3O. The Morgan fingerprint density at radius 1 is 1.41 bits per heavy atom. The minimum Gasteiger partial charge on any atom is -0.334 e. The van der Waals surface area contributed by atoms with E-state index in [1.54, 1.807) is 12.1 Å². The highest BCUT2D eigenvalue weighted by Crippen LogP contribution is 2.17. The van der Waals surface area contributed by atoms with Crippen molar-refractivity contribution in [3.8, 4) is 0 Å². The van der Waals surface area contributed by atoms with Crippen molar-refractivity contribution in [3.05, 3.63) is 30.1 Å². The van der Waals surface area contributed by atoms with Crippen molar-refractivity contribution in [1.82, 2.24) is 5.32 Å². The van der Waals surface area contributed by atoms with Gasteiger partial charge in [0.2, 0.25) is 0 Å². The van der Waals surface area contributed by atoms with Crippen LogP contribution in [0.25, 0.3) is 0 Å². The summed E-state index contributed by atoms with van der Waals surface area (Å²) in [5, 5.41) is 5.38. The third-order valence-corrected chi connectivity index (χ3v) is 2.97. The van der Waals surface area contributed by atoms with Crippen LogP contribution < -0.4 is 16.4 Å². The summed E-state index contributed by atoms with van der Waals surface area (Å²) in [5.41, 5.74) is 6.28. The third kappa shape index (κ3) is 3.17. The van der Waals surface area contributed by atoms with E-state index in [2.05, 4.69) is 10.6 Å². The molecule has 1 aliphatic carbocycles. The number of carbonyl (C=O) groups excluding carboxylic acids is 1. The van der Waals surface area contributed by atoms with E-state index in [-0.39, 0.29) is 23.9 Å². The number of urea groups is 1. The van der Waals surface area contributed by atoms with Crippen LogP contribution in [0.1, 0.15) is 19.3 Å². The lowest BCUT2D eigenvalue weighted by molar-refractivity contribution is 0.247. The zero-order valence-electron chi connectivity index (χ0n) is 9.45. The number of anilines is 1. The molecule has 0 aromatic heterocycles. The highest BCUT2D eigenvalue weighted by atomic mass is 19.1. The van der Waals surface area contributed by atoms with Gasteiger partial charge in [-0.2, -0.15) is 0 Å². The van der Waals surface area contributed by atoms with Gasteiger partial charge in [-0.15, -0.1) is 0 Å². The van der Waals surface area contributed by atoms with Gasteiger partial charge in [0.05, 0.1) is 0 Å². The fourth-order valence-electron chi connectivity index (χ4n) is 2.07. The molecule has 0 radical (unpaired) electrons. The van der Waals surface area contributed by atoms with Gasteiger partial charge < -0.3 is 16.4 Å². The molecule has 1 aromatic carbocycles. The zero-order valence-corrected chi connectivity index (χ0v) is 9.45. The van der Waals surface area contributed by atoms with Crippen LogP contribution in [0.15, 0.2) is 24.3 Å². The molecule has 1 aromatic rings. The maximum Gasteiger partial charge on any atom is 0.319 e. The number of rotatable bonds is 2. The number of benzene rings is 1. The van der Waals surface area contributed by atoms with E-state index < -0.39 is 0 Å². The van der Waals surface area contributed by atoms with Crippen LogP contribution in [0, 0.1) is 5.82 Å². The van der Waals surface area contributed by atoms with Crippen LogP contribution in [-0.2, 0) is 0 Å². The molecule has 5 heteroatoms. The Balaban J connectivity index is 1.89. The van der Waals surface area contributed by atoms with Crippen molar-refractivity contribution < 1.29 is 9.18 Å². The molecule has 2 atom stereocenters. The number of nitrogens with one attached hydrogen (secondary N) is 2. The Morgan fingerprint density at radius 2 is 2.24 bits per heavy atom. The predicted octanol–water partition coefficient (Wildman–Crippen LogP) is 1.83. The molecule has 0 bridgehead atoms. The van der Waals surface area contributed by atoms with Crippen LogP contribution in [0.3, 0.4) is 0 Å². The molecule has 2 rings (SSSR count). The lowest BCUT2D eigenvalue weighted by atomic mass is 10.2. The summed E-state index contributed by atoms with van der Waals surface area (Å²) >= 11 is 0. The van der Waals surface area contributed by atoms with Crippen LogP contribution >= 0.6 is 0 Å². The Labute approximate surface area is 99.4 Å². The Bertz CT molecular complexity index is 410. The van der Waals surface area contributed by atoms with Gasteiger partial charge in [0.25, 0.3) is 0 Å². The second kappa shape index (κ2) is 5.14. The summed E-state index contributed by atoms with van der Waals surface area (Å²) in [4.78, 5) is 11.6. The summed E-state index contributed by atoms with van der Waals surface area (Å²) in [7, 11) is 0. The molecule has 0 aliphatic heterocycles. The first-order chi connectivity index (χ1) is 8.15. The quantitative estimate of drug-likeness (QED) is 0.734. The number of amides is 2. The molecule has 4 N–H and O–H groups in total. The lowest BCUT2D eigenvalue weighted by Gasteiger charge is -2.17. The fourth-order valence-corrected chi connectivity index (χ4v) is 2.07. The van der Waals surface area contributed by atoms with Crippen molar-refractivity contribution in [1.29, 1.82) is 0 Å². The standard InChI is InChI=1S/C12H16FN3O/c13-8-3-1-4-9(7-8)15-12(17)16-11-6-2-5-10(11)14/h1,3-4,7,10-11H,2,5-6,14H2,(H2,15,16,17). The molecule has 92 valence electrons. The van der Waals surface area contributed by atoms with E-state index in [9.17, 15) is 9.18 Å². The van der Waals surface area contributed by atoms with Crippen LogP contribution in [-0.4, -0.2) is 18.1 Å². The second-order valence-electron chi connectivity index (χ2n) is 4.31. The topological polar surface area (TPSA) is 67.1 Å². The Kier molecular flexibility index (Phi) is 3.58. The number of halogens is 1. The summed E-state index contributed by atoms with van der Waals surface area (Å²) < 4.78 is 12.9. The van der Waals surface area contributed by atoms with Gasteiger partial charge in [-0.3, -0.25) is 0 Å². The van der Waals surface area contributed by atoms with Gasteiger partial charge in [-0.1, -0.05) is 6.07 Å². The first-order valence-corrected chi connectivity index (χ1v) is 5.74. The Hall–Kier alpha value is -1.62. The minimum absolute atomic E-state index is 0.0172. The summed E-state index contributed by atoms with van der Waals surface area (Å²) in [6.45, 7) is 0. The van der Waals surface area contributed by atoms with Gasteiger partial charge >= 0.3 is 6.03 Å². The van der Waals surface area contributed by atoms with Crippen molar-refractivity contribution in [3.63, 3.8) is 0 Å². The fraction of sp³-hybridized carbons (Fsp3) is 0.417. The molecule has 2 unspecified atom stereocenters. The zero-order chi connectivity index (χ0) is 12.3. The van der Waals surface area contributed by atoms with Crippen LogP contribution in [0.5, 0.6) is 0 Å². The average Bonchev–Trinajstić information content (AvgIpc) is 2.64. The van der Waals surface area contributed by atoms with E-state index in [4.69, 9.17) is 5.73 Å². The number of hydrogen-bond donors (Lipinski definition) is 3. The first-order valence-electron chi connectivity index (χ1n) is 5.74. The molecule has 0 spiro atoms. The second-order valence-corrected chi connectivity index (χ2v) is 4.31. The van der Waals surface area contributed by atoms with E-state index >= 15 is 0 Å². The lowest BCUT2D eigenvalue weighted by Crippen LogP contribution is -2.45. The van der Waals surface area contributed by atoms with E-state index in [0.717, 1.165) is 19.3 Å². The largest absolute Gasteiger partial charge is 0.334 e. The van der Waals surface area contributed by atoms with Crippen molar-refractivity contribution in [2.75, 3.05) is 5.32 Å². The number of carbonyl (C=O) groups is 1. The molecule has 1 fully saturated rings. The van der Waals surface area contributed by atoms with Crippen LogP contribution in [0.4, 0.5) is 14.9 Å².